The molecule has 3 nitrogen and oxygen atoms in total. The number of nitrogens with one attached hydrogen (secondary N) is 2. The van der Waals surface area contributed by atoms with Gasteiger partial charge in [0.1, 0.15) is 0 Å². The molecule has 2 aliphatic carbocycles. The molecule has 3 heteroatoms. The van der Waals surface area contributed by atoms with E-state index in [2.05, 4.69) is 17.6 Å². The minimum Gasteiger partial charge on any atom is -0.352 e. The second-order valence-corrected chi connectivity index (χ2v) is 6.51. The first-order valence-electron chi connectivity index (χ1n) is 7.84. The summed E-state index contributed by atoms with van der Waals surface area (Å²) in [6.45, 7) is 2.22. The average molecular weight is 250 g/mol. The molecular formula is C15H26N2O. The molecule has 0 spiro atoms. The fraction of sp³-hybridized carbons (Fsp3) is 0.933. The lowest BCUT2D eigenvalue weighted by Crippen LogP contribution is -2.44. The molecule has 0 aromatic rings. The predicted molar refractivity (Wildman–Crippen MR) is 72.2 cm³/mol. The molecule has 1 heterocycles. The van der Waals surface area contributed by atoms with E-state index in [1.807, 2.05) is 0 Å². The molecule has 1 amide bonds. The topological polar surface area (TPSA) is 41.1 Å². The maximum absolute atomic E-state index is 12.2. The van der Waals surface area contributed by atoms with Crippen LogP contribution in [0.25, 0.3) is 0 Å². The second kappa shape index (κ2) is 5.20. The van der Waals surface area contributed by atoms with Crippen LogP contribution in [0.3, 0.4) is 0 Å². The SMILES string of the molecule is CCCC1CC1NC(=O)C1CC2CCCCC2N1. The van der Waals surface area contributed by atoms with Gasteiger partial charge in [-0.25, -0.2) is 0 Å². The van der Waals surface area contributed by atoms with E-state index < -0.39 is 0 Å². The number of carbonyl (C=O) groups is 1. The van der Waals surface area contributed by atoms with E-state index >= 15 is 0 Å². The fourth-order valence-electron chi connectivity index (χ4n) is 3.92. The summed E-state index contributed by atoms with van der Waals surface area (Å²) >= 11 is 0. The molecule has 1 saturated heterocycles. The summed E-state index contributed by atoms with van der Waals surface area (Å²) in [6, 6.07) is 1.21. The van der Waals surface area contributed by atoms with Crippen molar-refractivity contribution in [1.29, 1.82) is 0 Å². The lowest BCUT2D eigenvalue weighted by Gasteiger charge is -2.24. The average Bonchev–Trinajstić information content (AvgIpc) is 2.94. The molecule has 18 heavy (non-hydrogen) atoms. The lowest BCUT2D eigenvalue weighted by atomic mass is 9.85. The molecule has 102 valence electrons. The highest BCUT2D eigenvalue weighted by molar-refractivity contribution is 5.82. The number of carbonyl (C=O) groups excluding carboxylic acids is 1. The molecule has 0 bridgehead atoms. The number of hydrogen-bond donors (Lipinski definition) is 2. The van der Waals surface area contributed by atoms with E-state index in [0.29, 0.717) is 12.1 Å². The van der Waals surface area contributed by atoms with Crippen LogP contribution in [-0.2, 0) is 4.79 Å². The molecule has 3 rings (SSSR count). The summed E-state index contributed by atoms with van der Waals surface area (Å²) in [5.41, 5.74) is 0. The van der Waals surface area contributed by atoms with E-state index in [1.54, 1.807) is 0 Å². The highest BCUT2D eigenvalue weighted by Crippen LogP contribution is 2.36. The van der Waals surface area contributed by atoms with Crippen molar-refractivity contribution in [2.75, 3.05) is 0 Å². The van der Waals surface area contributed by atoms with Crippen LogP contribution < -0.4 is 10.6 Å². The Morgan fingerprint density at radius 1 is 1.28 bits per heavy atom. The minimum absolute atomic E-state index is 0.0981. The molecule has 0 aromatic heterocycles. The molecule has 5 unspecified atom stereocenters. The Bertz CT molecular complexity index is 304. The Morgan fingerprint density at radius 3 is 2.89 bits per heavy atom. The van der Waals surface area contributed by atoms with Gasteiger partial charge in [0.25, 0.3) is 0 Å². The normalized spacial score (nSPS) is 42.4. The summed E-state index contributed by atoms with van der Waals surface area (Å²) in [7, 11) is 0. The van der Waals surface area contributed by atoms with Crippen molar-refractivity contribution in [1.82, 2.24) is 10.6 Å². The van der Waals surface area contributed by atoms with Gasteiger partial charge in [-0.3, -0.25) is 4.79 Å². The van der Waals surface area contributed by atoms with Gasteiger partial charge < -0.3 is 10.6 Å². The van der Waals surface area contributed by atoms with Crippen molar-refractivity contribution in [2.45, 2.75) is 76.4 Å². The Labute approximate surface area is 110 Å². The third-order valence-electron chi connectivity index (χ3n) is 5.09. The van der Waals surface area contributed by atoms with Crippen molar-refractivity contribution >= 4 is 5.91 Å². The summed E-state index contributed by atoms with van der Waals surface area (Å²) in [5, 5.41) is 6.80. The second-order valence-electron chi connectivity index (χ2n) is 6.51. The monoisotopic (exact) mass is 250 g/mol. The van der Waals surface area contributed by atoms with Crippen molar-refractivity contribution < 1.29 is 4.79 Å². The molecule has 2 saturated carbocycles. The summed E-state index contributed by atoms with van der Waals surface area (Å²) in [4.78, 5) is 12.2. The van der Waals surface area contributed by atoms with Crippen LogP contribution in [-0.4, -0.2) is 24.0 Å². The first-order valence-corrected chi connectivity index (χ1v) is 7.84. The molecule has 1 aliphatic heterocycles. The molecule has 0 aromatic carbocycles. The van der Waals surface area contributed by atoms with Crippen LogP contribution in [0.5, 0.6) is 0 Å². The van der Waals surface area contributed by atoms with Gasteiger partial charge >= 0.3 is 0 Å². The van der Waals surface area contributed by atoms with Crippen molar-refractivity contribution in [3.8, 4) is 0 Å². The molecule has 3 fully saturated rings. The van der Waals surface area contributed by atoms with Gasteiger partial charge in [0.2, 0.25) is 5.91 Å². The third kappa shape index (κ3) is 2.56. The van der Waals surface area contributed by atoms with Crippen molar-refractivity contribution in [3.05, 3.63) is 0 Å². The van der Waals surface area contributed by atoms with Crippen LogP contribution in [0.1, 0.15) is 58.3 Å². The first kappa shape index (κ1) is 12.5. The zero-order chi connectivity index (χ0) is 12.5. The zero-order valence-electron chi connectivity index (χ0n) is 11.5. The van der Waals surface area contributed by atoms with E-state index in [-0.39, 0.29) is 11.9 Å². The summed E-state index contributed by atoms with van der Waals surface area (Å²) in [6.07, 6.45) is 10.1. The largest absolute Gasteiger partial charge is 0.352 e. The third-order valence-corrected chi connectivity index (χ3v) is 5.09. The molecule has 0 radical (unpaired) electrons. The number of fused-ring (bicyclic) bond motifs is 1. The van der Waals surface area contributed by atoms with Gasteiger partial charge in [-0.05, 0) is 43.9 Å². The van der Waals surface area contributed by atoms with E-state index in [1.165, 1.54) is 44.9 Å². The number of hydrogen-bond acceptors (Lipinski definition) is 2. The lowest BCUT2D eigenvalue weighted by molar-refractivity contribution is -0.123. The molecule has 2 N–H and O–H groups in total. The predicted octanol–water partition coefficient (Wildman–Crippen LogP) is 2.21. The van der Waals surface area contributed by atoms with Gasteiger partial charge in [-0.1, -0.05) is 26.2 Å². The van der Waals surface area contributed by atoms with Gasteiger partial charge in [-0.2, -0.15) is 0 Å². The fourth-order valence-corrected chi connectivity index (χ4v) is 3.92. The van der Waals surface area contributed by atoms with Crippen LogP contribution in [0.4, 0.5) is 0 Å². The maximum atomic E-state index is 12.2. The maximum Gasteiger partial charge on any atom is 0.237 e. The van der Waals surface area contributed by atoms with Crippen LogP contribution in [0, 0.1) is 11.8 Å². The Kier molecular flexibility index (Phi) is 3.60. The Balaban J connectivity index is 1.46. The standard InChI is InChI=1S/C15H26N2O/c1-2-5-10-8-13(10)17-15(18)14-9-11-6-3-4-7-12(11)16-14/h10-14,16H,2-9H2,1H3,(H,17,18). The first-order chi connectivity index (χ1) is 8.78. The van der Waals surface area contributed by atoms with Gasteiger partial charge in [0.15, 0.2) is 0 Å². The minimum atomic E-state index is 0.0981. The van der Waals surface area contributed by atoms with Gasteiger partial charge in [0.05, 0.1) is 6.04 Å². The summed E-state index contributed by atoms with van der Waals surface area (Å²) < 4.78 is 0. The highest BCUT2D eigenvalue weighted by Gasteiger charge is 2.42. The van der Waals surface area contributed by atoms with Gasteiger partial charge in [-0.15, -0.1) is 0 Å². The smallest absolute Gasteiger partial charge is 0.237 e. The molecular weight excluding hydrogens is 224 g/mol. The number of rotatable bonds is 4. The van der Waals surface area contributed by atoms with Crippen LogP contribution in [0.2, 0.25) is 0 Å². The van der Waals surface area contributed by atoms with Gasteiger partial charge in [0, 0.05) is 12.1 Å². The van der Waals surface area contributed by atoms with Crippen LogP contribution >= 0.6 is 0 Å². The summed E-state index contributed by atoms with van der Waals surface area (Å²) in [5.74, 6) is 1.80. The zero-order valence-corrected chi connectivity index (χ0v) is 11.5. The molecule has 3 aliphatic rings. The highest BCUT2D eigenvalue weighted by atomic mass is 16.2. The van der Waals surface area contributed by atoms with Crippen molar-refractivity contribution in [3.63, 3.8) is 0 Å². The van der Waals surface area contributed by atoms with E-state index in [4.69, 9.17) is 0 Å². The van der Waals surface area contributed by atoms with Crippen LogP contribution in [0.15, 0.2) is 0 Å². The van der Waals surface area contributed by atoms with E-state index in [9.17, 15) is 4.79 Å². The number of amides is 1. The molecule has 5 atom stereocenters. The Hall–Kier alpha value is -0.570. The Morgan fingerprint density at radius 2 is 2.11 bits per heavy atom. The van der Waals surface area contributed by atoms with E-state index in [0.717, 1.165) is 18.3 Å². The quantitative estimate of drug-likeness (QED) is 0.803. The van der Waals surface area contributed by atoms with Crippen molar-refractivity contribution in [2.24, 2.45) is 11.8 Å².